The number of rotatable bonds is 4. The van der Waals surface area contributed by atoms with Crippen LogP contribution < -0.4 is 10.5 Å². The van der Waals surface area contributed by atoms with E-state index in [2.05, 4.69) is 32.2 Å². The van der Waals surface area contributed by atoms with Crippen LogP contribution in [0, 0.1) is 0 Å². The van der Waals surface area contributed by atoms with Gasteiger partial charge in [-0.25, -0.2) is 4.98 Å². The van der Waals surface area contributed by atoms with E-state index in [1.807, 2.05) is 19.1 Å². The van der Waals surface area contributed by atoms with Crippen LogP contribution in [0.2, 0.25) is 0 Å². The molecule has 0 bridgehead atoms. The van der Waals surface area contributed by atoms with E-state index in [0.717, 1.165) is 22.9 Å². The first-order valence-corrected chi connectivity index (χ1v) is 7.74. The summed E-state index contributed by atoms with van der Waals surface area (Å²) < 4.78 is 5.45. The fourth-order valence-corrected chi connectivity index (χ4v) is 2.96. The van der Waals surface area contributed by atoms with Gasteiger partial charge in [-0.1, -0.05) is 26.8 Å². The number of nitrogens with zero attached hydrogens (tertiary/aromatic N) is 1. The van der Waals surface area contributed by atoms with Crippen molar-refractivity contribution in [2.45, 2.75) is 39.5 Å². The molecule has 0 atom stereocenters. The number of hydrogen-bond acceptors (Lipinski definition) is 4. The Bertz CT molecular complexity index is 584. The molecule has 2 rings (SSSR count). The number of nitrogen functional groups attached to an aromatic ring is 1. The summed E-state index contributed by atoms with van der Waals surface area (Å²) in [5.74, 6) is 0.755. The molecule has 108 valence electrons. The van der Waals surface area contributed by atoms with Gasteiger partial charge in [-0.2, -0.15) is 0 Å². The van der Waals surface area contributed by atoms with Crippen LogP contribution in [0.25, 0.3) is 0 Å². The highest BCUT2D eigenvalue weighted by atomic mass is 32.1. The Labute approximate surface area is 124 Å². The van der Waals surface area contributed by atoms with Crippen LogP contribution in [0.3, 0.4) is 0 Å². The molecule has 2 N–H and O–H groups in total. The summed E-state index contributed by atoms with van der Waals surface area (Å²) in [6.07, 6.45) is 0.817. The second-order valence-electron chi connectivity index (χ2n) is 5.86. The molecule has 0 spiro atoms. The molecule has 20 heavy (non-hydrogen) atoms. The Morgan fingerprint density at radius 1 is 1.30 bits per heavy atom. The first-order valence-electron chi connectivity index (χ1n) is 6.86. The number of ether oxygens (including phenoxy) is 1. The molecular weight excluding hydrogens is 268 g/mol. The maximum atomic E-state index is 5.99. The minimum atomic E-state index is 0.104. The summed E-state index contributed by atoms with van der Waals surface area (Å²) in [4.78, 5) is 4.71. The standard InChI is InChI=1S/C16H22N2OS/c1-5-19-13-7-6-11(8-12(13)17)9-15-18-14(10-20-15)16(2,3)4/h6-8,10H,5,9,17H2,1-4H3. The number of hydrogen-bond donors (Lipinski definition) is 1. The maximum Gasteiger partial charge on any atom is 0.142 e. The third-order valence-corrected chi connectivity index (χ3v) is 3.90. The van der Waals surface area contributed by atoms with Gasteiger partial charge in [0.25, 0.3) is 0 Å². The van der Waals surface area contributed by atoms with Crippen molar-refractivity contribution in [3.05, 3.63) is 39.8 Å². The van der Waals surface area contributed by atoms with Crippen molar-refractivity contribution in [2.24, 2.45) is 0 Å². The SMILES string of the molecule is CCOc1ccc(Cc2nc(C(C)(C)C)cs2)cc1N. The monoisotopic (exact) mass is 290 g/mol. The van der Waals surface area contributed by atoms with E-state index in [1.54, 1.807) is 11.3 Å². The molecule has 0 aliphatic rings. The lowest BCUT2D eigenvalue weighted by Crippen LogP contribution is -2.11. The zero-order valence-corrected chi connectivity index (χ0v) is 13.4. The van der Waals surface area contributed by atoms with Crippen molar-refractivity contribution in [3.63, 3.8) is 0 Å². The van der Waals surface area contributed by atoms with Crippen LogP contribution in [0.15, 0.2) is 23.6 Å². The fraction of sp³-hybridized carbons (Fsp3) is 0.438. The molecule has 0 radical (unpaired) electrons. The fourth-order valence-electron chi connectivity index (χ4n) is 1.91. The molecule has 0 saturated carbocycles. The van der Waals surface area contributed by atoms with Crippen molar-refractivity contribution >= 4 is 17.0 Å². The van der Waals surface area contributed by atoms with Gasteiger partial charge in [-0.3, -0.25) is 0 Å². The summed E-state index contributed by atoms with van der Waals surface area (Å²) in [6.45, 7) is 9.13. The van der Waals surface area contributed by atoms with E-state index >= 15 is 0 Å². The summed E-state index contributed by atoms with van der Waals surface area (Å²) in [7, 11) is 0. The highest BCUT2D eigenvalue weighted by Gasteiger charge is 2.17. The van der Waals surface area contributed by atoms with E-state index in [1.165, 1.54) is 5.56 Å². The zero-order valence-electron chi connectivity index (χ0n) is 12.6. The molecule has 0 fully saturated rings. The summed E-state index contributed by atoms with van der Waals surface area (Å²) in [5.41, 5.74) is 9.11. The van der Waals surface area contributed by atoms with Crippen LogP contribution in [0.4, 0.5) is 5.69 Å². The Hall–Kier alpha value is -1.55. The van der Waals surface area contributed by atoms with Gasteiger partial charge in [0.15, 0.2) is 0 Å². The normalized spacial score (nSPS) is 11.6. The lowest BCUT2D eigenvalue weighted by atomic mass is 9.93. The zero-order chi connectivity index (χ0) is 14.8. The minimum Gasteiger partial charge on any atom is -0.492 e. The van der Waals surface area contributed by atoms with Gasteiger partial charge in [-0.05, 0) is 24.6 Å². The number of nitrogens with two attached hydrogens (primary N) is 1. The van der Waals surface area contributed by atoms with Crippen LogP contribution in [0.1, 0.15) is 44.0 Å². The number of thiazole rings is 1. The number of aromatic nitrogens is 1. The number of anilines is 1. The first kappa shape index (κ1) is 14.9. The summed E-state index contributed by atoms with van der Waals surface area (Å²) in [5, 5.41) is 3.27. The van der Waals surface area contributed by atoms with Gasteiger partial charge < -0.3 is 10.5 Å². The molecule has 2 aromatic rings. The third kappa shape index (κ3) is 3.51. The molecule has 0 saturated heterocycles. The van der Waals surface area contributed by atoms with Crippen molar-refractivity contribution in [3.8, 4) is 5.75 Å². The highest BCUT2D eigenvalue weighted by molar-refractivity contribution is 7.09. The van der Waals surface area contributed by atoms with Crippen molar-refractivity contribution in [1.29, 1.82) is 0 Å². The van der Waals surface area contributed by atoms with Crippen molar-refractivity contribution in [1.82, 2.24) is 4.98 Å². The minimum absolute atomic E-state index is 0.104. The van der Waals surface area contributed by atoms with Crippen LogP contribution in [-0.2, 0) is 11.8 Å². The predicted octanol–water partition coefficient (Wildman–Crippen LogP) is 4.01. The Kier molecular flexibility index (Phi) is 4.33. The molecule has 3 nitrogen and oxygen atoms in total. The highest BCUT2D eigenvalue weighted by Crippen LogP contribution is 2.27. The Morgan fingerprint density at radius 2 is 2.05 bits per heavy atom. The third-order valence-electron chi connectivity index (χ3n) is 3.05. The predicted molar refractivity (Wildman–Crippen MR) is 85.6 cm³/mol. The van der Waals surface area contributed by atoms with Gasteiger partial charge in [0.05, 0.1) is 23.0 Å². The lowest BCUT2D eigenvalue weighted by Gasteiger charge is -2.14. The van der Waals surface area contributed by atoms with Gasteiger partial charge >= 0.3 is 0 Å². The molecular formula is C16H22N2OS. The second kappa shape index (κ2) is 5.83. The molecule has 0 aliphatic carbocycles. The smallest absolute Gasteiger partial charge is 0.142 e. The number of benzene rings is 1. The quantitative estimate of drug-likeness (QED) is 0.865. The molecule has 1 heterocycles. The first-order chi connectivity index (χ1) is 9.40. The molecule has 0 aliphatic heterocycles. The average Bonchev–Trinajstić information content (AvgIpc) is 2.81. The maximum absolute atomic E-state index is 5.99. The molecule has 1 aromatic carbocycles. The lowest BCUT2D eigenvalue weighted by molar-refractivity contribution is 0.342. The van der Waals surface area contributed by atoms with E-state index in [0.29, 0.717) is 12.3 Å². The van der Waals surface area contributed by atoms with E-state index in [9.17, 15) is 0 Å². The Morgan fingerprint density at radius 3 is 2.60 bits per heavy atom. The largest absolute Gasteiger partial charge is 0.492 e. The topological polar surface area (TPSA) is 48.1 Å². The van der Waals surface area contributed by atoms with Gasteiger partial charge in [0.1, 0.15) is 5.75 Å². The molecule has 1 aromatic heterocycles. The van der Waals surface area contributed by atoms with Crippen LogP contribution >= 0.6 is 11.3 Å². The second-order valence-corrected chi connectivity index (χ2v) is 6.80. The van der Waals surface area contributed by atoms with Gasteiger partial charge in [0, 0.05) is 17.2 Å². The van der Waals surface area contributed by atoms with Gasteiger partial charge in [-0.15, -0.1) is 11.3 Å². The average molecular weight is 290 g/mol. The van der Waals surface area contributed by atoms with Crippen LogP contribution in [-0.4, -0.2) is 11.6 Å². The van der Waals surface area contributed by atoms with Gasteiger partial charge in [0.2, 0.25) is 0 Å². The summed E-state index contributed by atoms with van der Waals surface area (Å²) in [6, 6.07) is 5.97. The summed E-state index contributed by atoms with van der Waals surface area (Å²) >= 11 is 1.71. The molecule has 4 heteroatoms. The molecule has 0 amide bonds. The van der Waals surface area contributed by atoms with Crippen molar-refractivity contribution in [2.75, 3.05) is 12.3 Å². The van der Waals surface area contributed by atoms with E-state index in [-0.39, 0.29) is 5.41 Å². The van der Waals surface area contributed by atoms with Crippen molar-refractivity contribution < 1.29 is 4.74 Å². The van der Waals surface area contributed by atoms with E-state index < -0.39 is 0 Å². The van der Waals surface area contributed by atoms with Crippen LogP contribution in [0.5, 0.6) is 5.75 Å². The Balaban J connectivity index is 2.14. The van der Waals surface area contributed by atoms with E-state index in [4.69, 9.17) is 15.5 Å². The molecule has 0 unspecified atom stereocenters.